The molecule has 0 radical (unpaired) electrons. The number of aromatic nitrogens is 1. The number of hydrogen-bond donors (Lipinski definition) is 2. The summed E-state index contributed by atoms with van der Waals surface area (Å²) in [5, 5.41) is 14.2. The third kappa shape index (κ3) is 3.42. The van der Waals surface area contributed by atoms with Crippen molar-refractivity contribution in [2.45, 2.75) is 0 Å². The average molecular weight is 362 g/mol. The summed E-state index contributed by atoms with van der Waals surface area (Å²) in [7, 11) is 1.26. The zero-order valence-corrected chi connectivity index (χ0v) is 14.2. The normalized spacial score (nSPS) is 14.4. The van der Waals surface area contributed by atoms with Crippen LogP contribution < -0.4 is 5.32 Å². The molecule has 0 atom stereocenters. The number of aliphatic hydroxyl groups is 1. The van der Waals surface area contributed by atoms with Crippen LogP contribution in [0.2, 0.25) is 5.15 Å². The van der Waals surface area contributed by atoms with Crippen LogP contribution in [0.4, 0.5) is 5.69 Å². The van der Waals surface area contributed by atoms with E-state index in [2.05, 4.69) is 10.3 Å². The van der Waals surface area contributed by atoms with Crippen LogP contribution in [-0.2, 0) is 14.3 Å². The largest absolute Gasteiger partial charge is 0.466 e. The zero-order chi connectivity index (χ0) is 18.0. The van der Waals surface area contributed by atoms with E-state index in [1.165, 1.54) is 12.0 Å². The van der Waals surface area contributed by atoms with Crippen molar-refractivity contribution in [1.82, 2.24) is 9.88 Å². The van der Waals surface area contributed by atoms with E-state index in [0.717, 1.165) is 10.8 Å². The number of anilines is 1. The number of amides is 1. The first-order valence-corrected chi connectivity index (χ1v) is 7.95. The number of carbonyl (C=O) groups excluding carboxylic acids is 2. The highest BCUT2D eigenvalue weighted by molar-refractivity contribution is 6.30. The van der Waals surface area contributed by atoms with Crippen LogP contribution >= 0.6 is 11.6 Å². The second-order valence-electron chi connectivity index (χ2n) is 5.49. The topological polar surface area (TPSA) is 91.8 Å². The molecule has 2 aromatic rings. The molecule has 0 spiro atoms. The molecule has 0 fully saturated rings. The van der Waals surface area contributed by atoms with E-state index >= 15 is 0 Å². The predicted molar refractivity (Wildman–Crippen MR) is 93.1 cm³/mol. The Morgan fingerprint density at radius 2 is 2.20 bits per heavy atom. The quantitative estimate of drug-likeness (QED) is 0.620. The number of ether oxygens (including phenoxy) is 1. The number of esters is 1. The van der Waals surface area contributed by atoms with Crippen LogP contribution in [-0.4, -0.2) is 53.7 Å². The lowest BCUT2D eigenvalue weighted by Crippen LogP contribution is -2.31. The molecule has 2 N–H and O–H groups in total. The van der Waals surface area contributed by atoms with E-state index in [1.807, 2.05) is 12.1 Å². The molecular formula is C17H16ClN3O4. The van der Waals surface area contributed by atoms with Gasteiger partial charge >= 0.3 is 5.97 Å². The molecule has 0 aliphatic carbocycles. The number of nitrogens with zero attached hydrogens (tertiary/aromatic N) is 2. The van der Waals surface area contributed by atoms with Gasteiger partial charge in [-0.3, -0.25) is 4.79 Å². The number of rotatable bonds is 5. The van der Waals surface area contributed by atoms with Crippen molar-refractivity contribution >= 4 is 39.9 Å². The Morgan fingerprint density at radius 3 is 2.92 bits per heavy atom. The Bertz CT molecular complexity index is 881. The van der Waals surface area contributed by atoms with Gasteiger partial charge in [0.05, 0.1) is 25.8 Å². The molecule has 2 heterocycles. The molecule has 0 saturated carbocycles. The van der Waals surface area contributed by atoms with Crippen molar-refractivity contribution in [3.63, 3.8) is 0 Å². The van der Waals surface area contributed by atoms with E-state index in [9.17, 15) is 9.59 Å². The summed E-state index contributed by atoms with van der Waals surface area (Å²) in [6.07, 6.45) is 1.63. The lowest BCUT2D eigenvalue weighted by molar-refractivity contribution is -0.136. The first kappa shape index (κ1) is 17.2. The average Bonchev–Trinajstić information content (AvgIpc) is 2.91. The number of nitrogens with one attached hydrogen (secondary N) is 1. The van der Waals surface area contributed by atoms with E-state index in [1.54, 1.807) is 18.3 Å². The maximum absolute atomic E-state index is 12.5. The highest BCUT2D eigenvalue weighted by Gasteiger charge is 2.34. The van der Waals surface area contributed by atoms with Gasteiger partial charge in [-0.2, -0.15) is 0 Å². The molecule has 25 heavy (non-hydrogen) atoms. The van der Waals surface area contributed by atoms with Crippen LogP contribution in [0, 0.1) is 0 Å². The smallest absolute Gasteiger partial charge is 0.337 e. The van der Waals surface area contributed by atoms with Crippen molar-refractivity contribution in [3.8, 4) is 0 Å². The first-order chi connectivity index (χ1) is 12.0. The van der Waals surface area contributed by atoms with Gasteiger partial charge in [-0.25, -0.2) is 9.78 Å². The van der Waals surface area contributed by atoms with Crippen LogP contribution in [0.3, 0.4) is 0 Å². The minimum atomic E-state index is -0.578. The Morgan fingerprint density at radius 1 is 1.40 bits per heavy atom. The number of benzene rings is 1. The molecule has 1 amide bonds. The third-order valence-electron chi connectivity index (χ3n) is 3.91. The van der Waals surface area contributed by atoms with Gasteiger partial charge in [0.15, 0.2) is 0 Å². The number of hydrogen-bond acceptors (Lipinski definition) is 6. The molecule has 130 valence electrons. The molecule has 0 bridgehead atoms. The molecule has 1 aliphatic heterocycles. The molecule has 3 rings (SSSR count). The van der Waals surface area contributed by atoms with Gasteiger partial charge in [0.2, 0.25) is 0 Å². The van der Waals surface area contributed by atoms with Gasteiger partial charge in [0.1, 0.15) is 10.9 Å². The predicted octanol–water partition coefficient (Wildman–Crippen LogP) is 1.56. The summed E-state index contributed by atoms with van der Waals surface area (Å²) in [5.41, 5.74) is 1.02. The maximum atomic E-state index is 12.5. The molecule has 8 heteroatoms. The molecular weight excluding hydrogens is 346 g/mol. The first-order valence-electron chi connectivity index (χ1n) is 7.57. The fourth-order valence-corrected chi connectivity index (χ4v) is 2.85. The highest BCUT2D eigenvalue weighted by Crippen LogP contribution is 2.25. The summed E-state index contributed by atoms with van der Waals surface area (Å²) in [6.45, 7) is 0.0552. The number of methoxy groups -OCH3 is 1. The molecule has 1 aromatic heterocycles. The fourth-order valence-electron chi connectivity index (χ4n) is 2.69. The Hall–Kier alpha value is -2.64. The van der Waals surface area contributed by atoms with Gasteiger partial charge in [-0.1, -0.05) is 17.7 Å². The Kier molecular flexibility index (Phi) is 4.87. The van der Waals surface area contributed by atoms with Crippen LogP contribution in [0.1, 0.15) is 0 Å². The maximum Gasteiger partial charge on any atom is 0.337 e. The van der Waals surface area contributed by atoms with E-state index < -0.39 is 5.97 Å². The van der Waals surface area contributed by atoms with Crippen molar-refractivity contribution in [1.29, 1.82) is 0 Å². The fraction of sp³-hybridized carbons (Fsp3) is 0.235. The van der Waals surface area contributed by atoms with E-state index in [0.29, 0.717) is 10.8 Å². The molecule has 7 nitrogen and oxygen atoms in total. The Labute approximate surface area is 148 Å². The minimum absolute atomic E-state index is 0.0964. The number of halogens is 1. The zero-order valence-electron chi connectivity index (χ0n) is 13.5. The number of aliphatic hydroxyl groups excluding tert-OH is 1. The lowest BCUT2D eigenvalue weighted by Gasteiger charge is -2.15. The lowest BCUT2D eigenvalue weighted by atomic mass is 10.1. The number of β-amino-alcohol motifs (C(OH)–C–C–N with tert-alkyl or cyclic N) is 1. The number of pyridine rings is 1. The van der Waals surface area contributed by atoms with Crippen molar-refractivity contribution in [2.75, 3.05) is 32.1 Å². The summed E-state index contributed by atoms with van der Waals surface area (Å²) < 4.78 is 4.76. The number of carbonyl (C=O) groups is 2. The van der Waals surface area contributed by atoms with Crippen LogP contribution in [0.25, 0.3) is 10.8 Å². The number of fused-ring (bicyclic) bond motifs is 1. The van der Waals surface area contributed by atoms with Gasteiger partial charge in [0.25, 0.3) is 5.91 Å². The van der Waals surface area contributed by atoms with Crippen LogP contribution in [0.15, 0.2) is 41.7 Å². The van der Waals surface area contributed by atoms with Gasteiger partial charge in [0, 0.05) is 23.8 Å². The molecule has 0 saturated heterocycles. The summed E-state index contributed by atoms with van der Waals surface area (Å²) >= 11 is 5.87. The SMILES string of the molecule is COC(=O)C1=C(Nc2ccc3cc(Cl)ncc3c2)C(=O)N(CCO)C1. The van der Waals surface area contributed by atoms with Gasteiger partial charge in [-0.05, 0) is 23.6 Å². The Balaban J connectivity index is 1.94. The molecule has 1 aliphatic rings. The highest BCUT2D eigenvalue weighted by atomic mass is 35.5. The molecule has 1 aromatic carbocycles. The monoisotopic (exact) mass is 361 g/mol. The standard InChI is InChI=1S/C17H16ClN3O4/c1-25-17(24)13-9-21(4-5-22)16(23)15(13)20-12-3-2-10-7-14(18)19-8-11(10)6-12/h2-3,6-8,20,22H,4-5,9H2,1H3. The van der Waals surface area contributed by atoms with E-state index in [4.69, 9.17) is 21.4 Å². The van der Waals surface area contributed by atoms with Gasteiger partial charge < -0.3 is 20.1 Å². The minimum Gasteiger partial charge on any atom is -0.466 e. The summed E-state index contributed by atoms with van der Waals surface area (Å²) in [6, 6.07) is 7.17. The summed E-state index contributed by atoms with van der Waals surface area (Å²) in [4.78, 5) is 29.9. The van der Waals surface area contributed by atoms with Crippen molar-refractivity contribution in [2.24, 2.45) is 0 Å². The molecule has 0 unspecified atom stereocenters. The second kappa shape index (κ2) is 7.08. The van der Waals surface area contributed by atoms with Gasteiger partial charge in [-0.15, -0.1) is 0 Å². The van der Waals surface area contributed by atoms with Crippen LogP contribution in [0.5, 0.6) is 0 Å². The van der Waals surface area contributed by atoms with E-state index in [-0.39, 0.29) is 36.9 Å². The van der Waals surface area contributed by atoms with Crippen molar-refractivity contribution in [3.05, 3.63) is 46.9 Å². The second-order valence-corrected chi connectivity index (χ2v) is 5.88. The van der Waals surface area contributed by atoms with Crippen molar-refractivity contribution < 1.29 is 19.4 Å². The summed E-state index contributed by atoms with van der Waals surface area (Å²) in [5.74, 6) is -0.936. The third-order valence-corrected chi connectivity index (χ3v) is 4.12.